The first-order valence-electron chi connectivity index (χ1n) is 9.03. The maximum absolute atomic E-state index is 14.4. The SMILES string of the molecule is O=C(CN=C1NS(=O)(=O)c2ccccc21)Nc1ccc(N2CCOCC2)c(F)c1. The number of aliphatic imine (C=N–C) groups is 1. The Bertz CT molecular complexity index is 1080. The van der Waals surface area contributed by atoms with E-state index in [1.54, 1.807) is 30.3 Å². The summed E-state index contributed by atoms with van der Waals surface area (Å²) in [5.41, 5.74) is 1.18. The van der Waals surface area contributed by atoms with Crippen LogP contribution in [-0.4, -0.2) is 53.0 Å². The number of carbonyl (C=O) groups is 1. The molecule has 1 saturated heterocycles. The summed E-state index contributed by atoms with van der Waals surface area (Å²) in [6, 6.07) is 10.9. The molecule has 0 aliphatic carbocycles. The number of halogens is 1. The van der Waals surface area contributed by atoms with E-state index in [2.05, 4.69) is 15.0 Å². The lowest BCUT2D eigenvalue weighted by molar-refractivity contribution is -0.114. The quantitative estimate of drug-likeness (QED) is 0.781. The van der Waals surface area contributed by atoms with Crippen molar-refractivity contribution in [2.24, 2.45) is 4.99 Å². The van der Waals surface area contributed by atoms with Gasteiger partial charge in [0.15, 0.2) is 0 Å². The third kappa shape index (κ3) is 4.08. The molecule has 10 heteroatoms. The van der Waals surface area contributed by atoms with Gasteiger partial charge >= 0.3 is 0 Å². The zero-order valence-electron chi connectivity index (χ0n) is 15.4. The lowest BCUT2D eigenvalue weighted by atomic mass is 10.2. The van der Waals surface area contributed by atoms with Crippen molar-refractivity contribution in [3.63, 3.8) is 0 Å². The van der Waals surface area contributed by atoms with Crippen LogP contribution in [0.4, 0.5) is 15.8 Å². The maximum Gasteiger partial charge on any atom is 0.263 e. The van der Waals surface area contributed by atoms with Crippen LogP contribution >= 0.6 is 0 Å². The Labute approximate surface area is 167 Å². The summed E-state index contributed by atoms with van der Waals surface area (Å²) in [5.74, 6) is -0.808. The fraction of sp³-hybridized carbons (Fsp3) is 0.263. The highest BCUT2D eigenvalue weighted by molar-refractivity contribution is 7.90. The summed E-state index contributed by atoms with van der Waals surface area (Å²) in [6.45, 7) is 2.00. The Hall–Kier alpha value is -2.98. The number of sulfonamides is 1. The first kappa shape index (κ1) is 19.3. The fourth-order valence-electron chi connectivity index (χ4n) is 3.25. The Morgan fingerprint density at radius 1 is 1.21 bits per heavy atom. The standard InChI is InChI=1S/C19H19FN4O4S/c20-15-11-13(5-6-16(15)24-7-9-28-10-8-24)22-18(25)12-21-19-14-3-1-2-4-17(14)29(26,27)23-19/h1-6,11H,7-10,12H2,(H,21,23)(H,22,25). The van der Waals surface area contributed by atoms with Gasteiger partial charge in [0.1, 0.15) is 18.2 Å². The number of morpholine rings is 1. The number of benzene rings is 2. The lowest BCUT2D eigenvalue weighted by Crippen LogP contribution is -2.36. The minimum atomic E-state index is -3.66. The Morgan fingerprint density at radius 3 is 2.72 bits per heavy atom. The van der Waals surface area contributed by atoms with Crippen molar-refractivity contribution in [2.75, 3.05) is 43.1 Å². The van der Waals surface area contributed by atoms with E-state index in [1.165, 1.54) is 12.1 Å². The average molecular weight is 418 g/mol. The number of amides is 1. The summed E-state index contributed by atoms with van der Waals surface area (Å²) < 4.78 is 46.1. The van der Waals surface area contributed by atoms with E-state index in [4.69, 9.17) is 4.74 Å². The van der Waals surface area contributed by atoms with Gasteiger partial charge in [0.25, 0.3) is 10.0 Å². The van der Waals surface area contributed by atoms with Crippen LogP contribution in [0.3, 0.4) is 0 Å². The number of amidine groups is 1. The monoisotopic (exact) mass is 418 g/mol. The molecule has 152 valence electrons. The lowest BCUT2D eigenvalue weighted by Gasteiger charge is -2.29. The molecule has 1 amide bonds. The number of nitrogens with one attached hydrogen (secondary N) is 2. The fourth-order valence-corrected chi connectivity index (χ4v) is 4.50. The zero-order chi connectivity index (χ0) is 20.4. The van der Waals surface area contributed by atoms with Crippen LogP contribution < -0.4 is 14.9 Å². The van der Waals surface area contributed by atoms with Gasteiger partial charge in [-0.2, -0.15) is 0 Å². The van der Waals surface area contributed by atoms with Crippen molar-refractivity contribution >= 4 is 33.1 Å². The van der Waals surface area contributed by atoms with Gasteiger partial charge in [-0.3, -0.25) is 14.5 Å². The molecule has 8 nitrogen and oxygen atoms in total. The summed E-state index contributed by atoms with van der Waals surface area (Å²) in [7, 11) is -3.66. The molecule has 0 spiro atoms. The highest BCUT2D eigenvalue weighted by atomic mass is 32.2. The summed E-state index contributed by atoms with van der Waals surface area (Å²) in [6.07, 6.45) is 0. The molecule has 2 aromatic rings. The molecule has 1 fully saturated rings. The van der Waals surface area contributed by atoms with Crippen LogP contribution in [0.15, 0.2) is 52.4 Å². The van der Waals surface area contributed by atoms with Gasteiger partial charge in [0.05, 0.1) is 23.8 Å². The Kier molecular flexibility index (Phi) is 5.20. The predicted molar refractivity (Wildman–Crippen MR) is 106 cm³/mol. The Morgan fingerprint density at radius 2 is 1.97 bits per heavy atom. The van der Waals surface area contributed by atoms with Crippen LogP contribution in [0.25, 0.3) is 0 Å². The average Bonchev–Trinajstić information content (AvgIpc) is 2.98. The van der Waals surface area contributed by atoms with Crippen molar-refractivity contribution in [2.45, 2.75) is 4.90 Å². The van der Waals surface area contributed by atoms with Crippen molar-refractivity contribution < 1.29 is 22.3 Å². The zero-order valence-corrected chi connectivity index (χ0v) is 16.2. The van der Waals surface area contributed by atoms with Crippen molar-refractivity contribution in [3.05, 3.63) is 53.8 Å². The molecule has 2 heterocycles. The molecule has 0 radical (unpaired) electrons. The summed E-state index contributed by atoms with van der Waals surface area (Å²) in [4.78, 5) is 18.3. The number of nitrogens with zero attached hydrogens (tertiary/aromatic N) is 2. The number of anilines is 2. The van der Waals surface area contributed by atoms with E-state index in [1.807, 2.05) is 4.90 Å². The van der Waals surface area contributed by atoms with E-state index in [-0.39, 0.29) is 17.3 Å². The number of hydrogen-bond acceptors (Lipinski definition) is 6. The van der Waals surface area contributed by atoms with Gasteiger partial charge < -0.3 is 15.0 Å². The molecule has 0 atom stereocenters. The van der Waals surface area contributed by atoms with E-state index in [0.717, 1.165) is 0 Å². The van der Waals surface area contributed by atoms with Crippen molar-refractivity contribution in [1.29, 1.82) is 0 Å². The minimum Gasteiger partial charge on any atom is -0.378 e. The highest BCUT2D eigenvalue weighted by Crippen LogP contribution is 2.24. The third-order valence-corrected chi connectivity index (χ3v) is 6.02. The van der Waals surface area contributed by atoms with E-state index in [9.17, 15) is 17.6 Å². The number of rotatable bonds is 4. The number of fused-ring (bicyclic) bond motifs is 1. The van der Waals surface area contributed by atoms with Crippen LogP contribution in [0.2, 0.25) is 0 Å². The normalized spacial score (nSPS) is 18.9. The highest BCUT2D eigenvalue weighted by Gasteiger charge is 2.30. The molecule has 0 bridgehead atoms. The topological polar surface area (TPSA) is 100 Å². The van der Waals surface area contributed by atoms with Crippen LogP contribution in [0.1, 0.15) is 5.56 Å². The molecular weight excluding hydrogens is 399 g/mol. The second-order valence-corrected chi connectivity index (χ2v) is 8.23. The van der Waals surface area contributed by atoms with Gasteiger partial charge in [0, 0.05) is 24.3 Å². The minimum absolute atomic E-state index is 0.115. The van der Waals surface area contributed by atoms with E-state index in [0.29, 0.717) is 43.2 Å². The first-order valence-corrected chi connectivity index (χ1v) is 10.5. The first-order chi connectivity index (χ1) is 13.9. The third-order valence-electron chi connectivity index (χ3n) is 4.63. The molecule has 0 saturated carbocycles. The van der Waals surface area contributed by atoms with E-state index < -0.39 is 21.7 Å². The summed E-state index contributed by atoms with van der Waals surface area (Å²) in [5, 5.41) is 2.58. The Balaban J connectivity index is 1.43. The van der Waals surface area contributed by atoms with Crippen LogP contribution in [0, 0.1) is 5.82 Å². The number of ether oxygens (including phenoxy) is 1. The molecule has 0 unspecified atom stereocenters. The summed E-state index contributed by atoms with van der Waals surface area (Å²) >= 11 is 0. The van der Waals surface area contributed by atoms with Gasteiger partial charge in [-0.05, 0) is 30.3 Å². The van der Waals surface area contributed by atoms with Crippen molar-refractivity contribution in [3.8, 4) is 0 Å². The largest absolute Gasteiger partial charge is 0.378 e. The maximum atomic E-state index is 14.4. The molecule has 2 aliphatic heterocycles. The van der Waals surface area contributed by atoms with Gasteiger partial charge in [-0.1, -0.05) is 12.1 Å². The smallest absolute Gasteiger partial charge is 0.263 e. The van der Waals surface area contributed by atoms with Crippen LogP contribution in [-0.2, 0) is 19.6 Å². The van der Waals surface area contributed by atoms with Gasteiger partial charge in [-0.15, -0.1) is 0 Å². The predicted octanol–water partition coefficient (Wildman–Crippen LogP) is 1.34. The van der Waals surface area contributed by atoms with Gasteiger partial charge in [-0.25, -0.2) is 12.8 Å². The van der Waals surface area contributed by atoms with Crippen LogP contribution in [0.5, 0.6) is 0 Å². The molecule has 29 heavy (non-hydrogen) atoms. The molecule has 4 rings (SSSR count). The van der Waals surface area contributed by atoms with Crippen molar-refractivity contribution in [1.82, 2.24) is 4.72 Å². The molecule has 0 aromatic heterocycles. The second kappa shape index (κ2) is 7.80. The molecule has 2 aromatic carbocycles. The molecule has 2 aliphatic rings. The van der Waals surface area contributed by atoms with Gasteiger partial charge in [0.2, 0.25) is 5.91 Å². The molecule has 2 N–H and O–H groups in total. The number of hydrogen-bond donors (Lipinski definition) is 2. The second-order valence-electron chi connectivity index (χ2n) is 6.58. The number of carbonyl (C=O) groups excluding carboxylic acids is 1. The molecular formula is C19H19FN4O4S. The van der Waals surface area contributed by atoms with E-state index >= 15 is 0 Å².